The fourth-order valence-electron chi connectivity index (χ4n) is 1.25. The van der Waals surface area contributed by atoms with Gasteiger partial charge in [-0.05, 0) is 0 Å². The Balaban J connectivity index is 4.75. The van der Waals surface area contributed by atoms with E-state index in [1.807, 2.05) is 0 Å². The molecule has 10 nitrogen and oxygen atoms in total. The zero-order chi connectivity index (χ0) is 17.7. The minimum atomic E-state index is -3.98. The molecule has 0 aliphatic heterocycles. The van der Waals surface area contributed by atoms with Crippen LogP contribution >= 0.6 is 7.82 Å². The number of carbonyl (C=O) groups is 2. The largest absolute Gasteiger partial charge is 0.475 e. The van der Waals surface area contributed by atoms with Crippen molar-refractivity contribution in [3.8, 4) is 0 Å². The molecule has 0 saturated carbocycles. The molecule has 0 aliphatic carbocycles. The van der Waals surface area contributed by atoms with Crippen molar-refractivity contribution in [3.05, 3.63) is 0 Å². The molecule has 0 radical (unpaired) electrons. The van der Waals surface area contributed by atoms with E-state index in [1.165, 1.54) is 14.2 Å². The van der Waals surface area contributed by atoms with Gasteiger partial charge in [0.15, 0.2) is 6.10 Å². The summed E-state index contributed by atoms with van der Waals surface area (Å²) < 4.78 is 45.2. The fraction of sp³-hybridized carbons (Fsp3) is 0.833. The number of hydrogen-bond acceptors (Lipinski definition) is 10. The molecular weight excluding hydrogens is 335 g/mol. The highest BCUT2D eigenvalue weighted by atomic mass is 31.2. The number of ether oxygens (including phenoxy) is 4. The lowest BCUT2D eigenvalue weighted by molar-refractivity contribution is -0.160. The molecule has 0 aromatic rings. The molecule has 0 fully saturated rings. The molecule has 23 heavy (non-hydrogen) atoms. The third-order valence-electron chi connectivity index (χ3n) is 2.40. The number of phosphoric ester groups is 1. The maximum absolute atomic E-state index is 12.0. The van der Waals surface area contributed by atoms with E-state index in [-0.39, 0.29) is 26.4 Å². The van der Waals surface area contributed by atoms with Crippen molar-refractivity contribution >= 4 is 19.8 Å². The second-order valence-corrected chi connectivity index (χ2v) is 5.82. The average molecular weight is 358 g/mol. The first-order valence-corrected chi connectivity index (χ1v) is 8.08. The summed E-state index contributed by atoms with van der Waals surface area (Å²) in [5.41, 5.74) is 0. The average Bonchev–Trinajstić information content (AvgIpc) is 2.54. The zero-order valence-electron chi connectivity index (χ0n) is 13.6. The molecule has 0 aromatic carbocycles. The van der Waals surface area contributed by atoms with E-state index < -0.39 is 32.3 Å². The summed E-state index contributed by atoms with van der Waals surface area (Å²) in [5, 5.41) is 0. The molecule has 136 valence electrons. The monoisotopic (exact) mass is 358 g/mol. The molecule has 0 N–H and O–H groups in total. The van der Waals surface area contributed by atoms with Gasteiger partial charge in [-0.1, -0.05) is 0 Å². The van der Waals surface area contributed by atoms with Crippen LogP contribution < -0.4 is 0 Å². The Kier molecular flexibility index (Phi) is 11.8. The molecule has 1 unspecified atom stereocenters. The van der Waals surface area contributed by atoms with Gasteiger partial charge in [0.1, 0.15) is 13.2 Å². The zero-order valence-corrected chi connectivity index (χ0v) is 14.5. The first-order valence-electron chi connectivity index (χ1n) is 6.62. The van der Waals surface area contributed by atoms with Crippen LogP contribution in [0.15, 0.2) is 0 Å². The van der Waals surface area contributed by atoms with Gasteiger partial charge in [0, 0.05) is 28.4 Å². The fourth-order valence-corrected chi connectivity index (χ4v) is 2.04. The molecule has 0 rings (SSSR count). The van der Waals surface area contributed by atoms with Crippen molar-refractivity contribution in [2.24, 2.45) is 0 Å². The molecule has 11 heteroatoms. The highest BCUT2D eigenvalue weighted by molar-refractivity contribution is 7.48. The van der Waals surface area contributed by atoms with E-state index in [2.05, 4.69) is 9.05 Å². The van der Waals surface area contributed by atoms with E-state index in [0.29, 0.717) is 0 Å². The molecule has 0 amide bonds. The van der Waals surface area contributed by atoms with Crippen LogP contribution in [0.2, 0.25) is 0 Å². The first kappa shape index (κ1) is 22.0. The highest BCUT2D eigenvalue weighted by Gasteiger charge is 2.35. The number of rotatable bonds is 13. The van der Waals surface area contributed by atoms with Gasteiger partial charge in [-0.3, -0.25) is 18.4 Å². The molecule has 0 aliphatic rings. The standard InChI is InChI=1S/C12H23O10P/c1-16-5-7-20-11(13)9-10(12(14)21-8-6-17-2)22-23(15,18-3)19-4/h10H,5-9H2,1-4H3. The van der Waals surface area contributed by atoms with Crippen molar-refractivity contribution in [2.45, 2.75) is 12.5 Å². The summed E-state index contributed by atoms with van der Waals surface area (Å²) in [6, 6.07) is 0. The van der Waals surface area contributed by atoms with E-state index in [1.54, 1.807) is 0 Å². The van der Waals surface area contributed by atoms with Crippen molar-refractivity contribution in [2.75, 3.05) is 54.9 Å². The third-order valence-corrected chi connectivity index (χ3v) is 3.81. The van der Waals surface area contributed by atoms with Crippen molar-refractivity contribution < 1.29 is 46.7 Å². The quantitative estimate of drug-likeness (QED) is 0.262. The molecule has 0 heterocycles. The van der Waals surface area contributed by atoms with Gasteiger partial charge in [0.2, 0.25) is 0 Å². The summed E-state index contributed by atoms with van der Waals surface area (Å²) in [4.78, 5) is 23.6. The van der Waals surface area contributed by atoms with Gasteiger partial charge in [-0.25, -0.2) is 9.36 Å². The SMILES string of the molecule is COCCOC(=O)CC(OP(=O)(OC)OC)C(=O)OCCOC. The van der Waals surface area contributed by atoms with Crippen LogP contribution in [0.4, 0.5) is 0 Å². The Bertz CT molecular complexity index is 391. The van der Waals surface area contributed by atoms with Gasteiger partial charge in [0.25, 0.3) is 0 Å². The van der Waals surface area contributed by atoms with Crippen LogP contribution in [0.3, 0.4) is 0 Å². The van der Waals surface area contributed by atoms with Crippen LogP contribution in [0.1, 0.15) is 6.42 Å². The van der Waals surface area contributed by atoms with Crippen molar-refractivity contribution in [3.63, 3.8) is 0 Å². The predicted molar refractivity (Wildman–Crippen MR) is 76.8 cm³/mol. The molecule has 1 atom stereocenters. The lowest BCUT2D eigenvalue weighted by Gasteiger charge is -2.20. The lowest BCUT2D eigenvalue weighted by atomic mass is 10.2. The number of esters is 2. The molecule has 0 aromatic heterocycles. The van der Waals surface area contributed by atoms with Crippen LogP contribution in [-0.2, 0) is 46.7 Å². The van der Waals surface area contributed by atoms with Crippen LogP contribution in [0.5, 0.6) is 0 Å². The summed E-state index contributed by atoms with van der Waals surface area (Å²) in [7, 11) is 1.05. The minimum absolute atomic E-state index is 0.00694. The second kappa shape index (κ2) is 12.4. The Morgan fingerprint density at radius 1 is 0.870 bits per heavy atom. The normalized spacial score (nSPS) is 12.7. The summed E-state index contributed by atoms with van der Waals surface area (Å²) in [6.45, 7) is 0.304. The van der Waals surface area contributed by atoms with Crippen LogP contribution in [0.25, 0.3) is 0 Å². The van der Waals surface area contributed by atoms with Gasteiger partial charge in [-0.15, -0.1) is 0 Å². The highest BCUT2D eigenvalue weighted by Crippen LogP contribution is 2.49. The Morgan fingerprint density at radius 2 is 1.39 bits per heavy atom. The van der Waals surface area contributed by atoms with Gasteiger partial charge < -0.3 is 18.9 Å². The molecule has 0 bridgehead atoms. The lowest BCUT2D eigenvalue weighted by Crippen LogP contribution is -2.30. The summed E-state index contributed by atoms with van der Waals surface area (Å²) in [5.74, 6) is -1.67. The van der Waals surface area contributed by atoms with Crippen LogP contribution in [-0.4, -0.2) is 72.9 Å². The molecular formula is C12H23O10P. The maximum Gasteiger partial charge on any atom is 0.475 e. The van der Waals surface area contributed by atoms with Gasteiger partial charge in [0.05, 0.1) is 19.6 Å². The number of phosphoric acid groups is 1. The minimum Gasteiger partial charge on any atom is -0.463 e. The molecule has 0 spiro atoms. The summed E-state index contributed by atoms with van der Waals surface area (Å²) >= 11 is 0. The van der Waals surface area contributed by atoms with E-state index in [0.717, 1.165) is 14.2 Å². The maximum atomic E-state index is 12.0. The number of methoxy groups -OCH3 is 2. The Labute approximate surface area is 134 Å². The van der Waals surface area contributed by atoms with Crippen molar-refractivity contribution in [1.29, 1.82) is 0 Å². The topological polar surface area (TPSA) is 116 Å². The third kappa shape index (κ3) is 9.65. The van der Waals surface area contributed by atoms with E-state index in [4.69, 9.17) is 23.5 Å². The summed E-state index contributed by atoms with van der Waals surface area (Å²) in [6.07, 6.45) is -2.03. The Morgan fingerprint density at radius 3 is 1.87 bits per heavy atom. The van der Waals surface area contributed by atoms with E-state index >= 15 is 0 Å². The second-order valence-electron chi connectivity index (χ2n) is 3.98. The van der Waals surface area contributed by atoms with E-state index in [9.17, 15) is 14.2 Å². The van der Waals surface area contributed by atoms with Gasteiger partial charge >= 0.3 is 19.8 Å². The van der Waals surface area contributed by atoms with Gasteiger partial charge in [-0.2, -0.15) is 0 Å². The number of carbonyl (C=O) groups excluding carboxylic acids is 2. The molecule has 0 saturated heterocycles. The predicted octanol–water partition coefficient (Wildman–Crippen LogP) is 0.542. The van der Waals surface area contributed by atoms with Crippen LogP contribution in [0, 0.1) is 0 Å². The number of hydrogen-bond donors (Lipinski definition) is 0. The Hall–Kier alpha value is -1.03. The first-order chi connectivity index (χ1) is 10.9. The van der Waals surface area contributed by atoms with Crippen molar-refractivity contribution in [1.82, 2.24) is 0 Å². The smallest absolute Gasteiger partial charge is 0.463 e.